The van der Waals surface area contributed by atoms with Gasteiger partial charge in [-0.3, -0.25) is 9.78 Å². The Balaban J connectivity index is 2.26. The van der Waals surface area contributed by atoms with E-state index in [0.717, 1.165) is 10.5 Å². The molecule has 0 spiro atoms. The van der Waals surface area contributed by atoms with Gasteiger partial charge in [0.2, 0.25) is 0 Å². The summed E-state index contributed by atoms with van der Waals surface area (Å²) >= 11 is 1.19. The Bertz CT molecular complexity index is 601. The highest BCUT2D eigenvalue weighted by atomic mass is 32.1. The monoisotopic (exact) mass is 297 g/mol. The number of rotatable bonds is 4. The van der Waals surface area contributed by atoms with E-state index in [1.807, 2.05) is 6.07 Å². The molecule has 0 radical (unpaired) electrons. The van der Waals surface area contributed by atoms with Crippen molar-refractivity contribution in [2.45, 2.75) is 13.3 Å². The number of thiazole rings is 1. The lowest BCUT2D eigenvalue weighted by Crippen LogP contribution is -2.31. The molecular weight excluding hydrogens is 284 g/mol. The molecule has 106 valence electrons. The van der Waals surface area contributed by atoms with Crippen LogP contribution in [0.3, 0.4) is 0 Å². The molecule has 2 heterocycles. The fourth-order valence-electron chi connectivity index (χ4n) is 1.67. The summed E-state index contributed by atoms with van der Waals surface area (Å²) in [6.07, 6.45) is 0.747. The first-order valence-electron chi connectivity index (χ1n) is 5.90. The first-order chi connectivity index (χ1) is 9.49. The molecule has 0 saturated carbocycles. The van der Waals surface area contributed by atoms with Crippen LogP contribution in [0.1, 0.15) is 15.4 Å². The van der Waals surface area contributed by atoms with Crippen molar-refractivity contribution in [2.75, 3.05) is 13.6 Å². The van der Waals surface area contributed by atoms with Gasteiger partial charge in [0.25, 0.3) is 12.3 Å². The average molecular weight is 297 g/mol. The van der Waals surface area contributed by atoms with Gasteiger partial charge in [-0.05, 0) is 19.1 Å². The summed E-state index contributed by atoms with van der Waals surface area (Å²) in [5, 5.41) is 0.657. The van der Waals surface area contributed by atoms with E-state index in [9.17, 15) is 13.6 Å². The highest BCUT2D eigenvalue weighted by molar-refractivity contribution is 7.17. The van der Waals surface area contributed by atoms with Gasteiger partial charge in [-0.2, -0.15) is 0 Å². The van der Waals surface area contributed by atoms with E-state index in [1.165, 1.54) is 18.4 Å². The van der Waals surface area contributed by atoms with Gasteiger partial charge in [0.1, 0.15) is 9.88 Å². The van der Waals surface area contributed by atoms with Crippen molar-refractivity contribution in [3.05, 3.63) is 35.1 Å². The Hall–Kier alpha value is -1.89. The summed E-state index contributed by atoms with van der Waals surface area (Å²) in [6, 6.07) is 3.61. The van der Waals surface area contributed by atoms with Crippen LogP contribution in [0.25, 0.3) is 10.6 Å². The van der Waals surface area contributed by atoms with Crippen LogP contribution >= 0.6 is 11.3 Å². The third-order valence-corrected chi connectivity index (χ3v) is 3.85. The second-order valence-corrected chi connectivity index (χ2v) is 5.25. The van der Waals surface area contributed by atoms with Gasteiger partial charge in [-0.1, -0.05) is 0 Å². The lowest BCUT2D eigenvalue weighted by Gasteiger charge is -2.15. The lowest BCUT2D eigenvalue weighted by molar-refractivity contribution is 0.0623. The van der Waals surface area contributed by atoms with Gasteiger partial charge >= 0.3 is 0 Å². The van der Waals surface area contributed by atoms with Crippen molar-refractivity contribution < 1.29 is 13.6 Å². The van der Waals surface area contributed by atoms with Crippen LogP contribution in [0.4, 0.5) is 8.78 Å². The maximum Gasteiger partial charge on any atom is 0.265 e. The number of halogens is 2. The van der Waals surface area contributed by atoms with E-state index in [4.69, 9.17) is 0 Å². The van der Waals surface area contributed by atoms with Crippen LogP contribution in [-0.2, 0) is 0 Å². The molecule has 2 aromatic heterocycles. The van der Waals surface area contributed by atoms with Gasteiger partial charge in [0, 0.05) is 25.0 Å². The summed E-state index contributed by atoms with van der Waals surface area (Å²) in [5.74, 6) is -0.435. The molecule has 1 amide bonds. The maximum atomic E-state index is 12.3. The van der Waals surface area contributed by atoms with E-state index in [1.54, 1.807) is 25.4 Å². The molecule has 0 aliphatic heterocycles. The molecule has 0 N–H and O–H groups in total. The Morgan fingerprint density at radius 1 is 1.50 bits per heavy atom. The molecule has 2 aromatic rings. The zero-order chi connectivity index (χ0) is 14.7. The molecule has 20 heavy (non-hydrogen) atoms. The Morgan fingerprint density at radius 2 is 2.25 bits per heavy atom. The highest BCUT2D eigenvalue weighted by Gasteiger charge is 2.21. The van der Waals surface area contributed by atoms with E-state index in [2.05, 4.69) is 9.97 Å². The normalized spacial score (nSPS) is 10.8. The number of pyridine rings is 1. The van der Waals surface area contributed by atoms with Gasteiger partial charge in [0.05, 0.1) is 12.2 Å². The second-order valence-electron chi connectivity index (χ2n) is 4.25. The van der Waals surface area contributed by atoms with Crippen LogP contribution in [-0.4, -0.2) is 40.8 Å². The van der Waals surface area contributed by atoms with Crippen LogP contribution in [0.5, 0.6) is 0 Å². The number of aromatic nitrogens is 2. The molecule has 0 saturated heterocycles. The van der Waals surface area contributed by atoms with Crippen molar-refractivity contribution in [3.63, 3.8) is 0 Å². The first kappa shape index (κ1) is 14.5. The minimum atomic E-state index is -2.55. The molecule has 0 aromatic carbocycles. The lowest BCUT2D eigenvalue weighted by atomic mass is 10.3. The molecule has 0 aliphatic rings. The number of carbonyl (C=O) groups excluding carboxylic acids is 1. The number of aryl methyl sites for hydroxylation is 1. The zero-order valence-corrected chi connectivity index (χ0v) is 11.8. The number of alkyl halides is 2. The number of hydrogen-bond acceptors (Lipinski definition) is 4. The minimum Gasteiger partial charge on any atom is -0.335 e. The van der Waals surface area contributed by atoms with Crippen LogP contribution < -0.4 is 0 Å². The number of amides is 1. The fraction of sp³-hybridized carbons (Fsp3) is 0.308. The van der Waals surface area contributed by atoms with Gasteiger partial charge < -0.3 is 4.90 Å². The summed E-state index contributed by atoms with van der Waals surface area (Å²) < 4.78 is 24.6. The number of nitrogens with zero attached hydrogens (tertiary/aromatic N) is 3. The molecule has 0 atom stereocenters. The first-order valence-corrected chi connectivity index (χ1v) is 6.72. The number of hydrogen-bond donors (Lipinski definition) is 0. The van der Waals surface area contributed by atoms with E-state index >= 15 is 0 Å². The molecular formula is C13H13F2N3OS. The molecule has 7 heteroatoms. The quantitative estimate of drug-likeness (QED) is 0.871. The standard InChI is InChI=1S/C13H13F2N3OS/c1-8-11(13(19)18(2)7-10(14)15)20-12(17-8)9-4-3-5-16-6-9/h3-6,10H,7H2,1-2H3. The number of carbonyl (C=O) groups is 1. The predicted octanol–water partition coefficient (Wildman–Crippen LogP) is 2.85. The van der Waals surface area contributed by atoms with Gasteiger partial charge in [-0.15, -0.1) is 11.3 Å². The van der Waals surface area contributed by atoms with Crippen molar-refractivity contribution in [1.82, 2.24) is 14.9 Å². The van der Waals surface area contributed by atoms with Gasteiger partial charge in [0.15, 0.2) is 0 Å². The Kier molecular flexibility index (Phi) is 4.39. The molecule has 0 fully saturated rings. The van der Waals surface area contributed by atoms with Crippen LogP contribution in [0.2, 0.25) is 0 Å². The largest absolute Gasteiger partial charge is 0.335 e. The van der Waals surface area contributed by atoms with Gasteiger partial charge in [-0.25, -0.2) is 13.8 Å². The third-order valence-electron chi connectivity index (χ3n) is 2.66. The minimum absolute atomic E-state index is 0.381. The molecule has 0 unspecified atom stereocenters. The van der Waals surface area contributed by atoms with E-state index in [0.29, 0.717) is 15.6 Å². The molecule has 0 aliphatic carbocycles. The summed E-state index contributed by atoms with van der Waals surface area (Å²) in [4.78, 5) is 21.8. The highest BCUT2D eigenvalue weighted by Crippen LogP contribution is 2.28. The fourth-order valence-corrected chi connectivity index (χ4v) is 2.72. The van der Waals surface area contributed by atoms with E-state index in [-0.39, 0.29) is 0 Å². The van der Waals surface area contributed by atoms with Crippen molar-refractivity contribution in [3.8, 4) is 10.6 Å². The van der Waals surface area contributed by atoms with Crippen molar-refractivity contribution in [2.24, 2.45) is 0 Å². The van der Waals surface area contributed by atoms with E-state index < -0.39 is 18.9 Å². The Labute approximate surface area is 119 Å². The summed E-state index contributed by atoms with van der Waals surface area (Å²) in [5.41, 5.74) is 1.34. The maximum absolute atomic E-state index is 12.3. The summed E-state index contributed by atoms with van der Waals surface area (Å²) in [7, 11) is 1.36. The van der Waals surface area contributed by atoms with Crippen molar-refractivity contribution >= 4 is 17.2 Å². The molecule has 0 bridgehead atoms. The summed E-state index contributed by atoms with van der Waals surface area (Å²) in [6.45, 7) is 1.11. The third kappa shape index (κ3) is 3.16. The SMILES string of the molecule is Cc1nc(-c2cccnc2)sc1C(=O)N(C)CC(F)F. The zero-order valence-electron chi connectivity index (χ0n) is 11.0. The average Bonchev–Trinajstić information content (AvgIpc) is 2.80. The molecule has 2 rings (SSSR count). The second kappa shape index (κ2) is 6.04. The smallest absolute Gasteiger partial charge is 0.265 e. The predicted molar refractivity (Wildman–Crippen MR) is 73.0 cm³/mol. The van der Waals surface area contributed by atoms with Crippen molar-refractivity contribution in [1.29, 1.82) is 0 Å². The van der Waals surface area contributed by atoms with Crippen LogP contribution in [0.15, 0.2) is 24.5 Å². The topological polar surface area (TPSA) is 46.1 Å². The molecule has 4 nitrogen and oxygen atoms in total. The Morgan fingerprint density at radius 3 is 2.85 bits per heavy atom. The van der Waals surface area contributed by atoms with Crippen LogP contribution in [0, 0.1) is 6.92 Å².